The minimum atomic E-state index is -0.612. The second kappa shape index (κ2) is 6.43. The lowest BCUT2D eigenvalue weighted by Crippen LogP contribution is -2.62. The number of azide groups is 1. The number of hydrogen-bond acceptors (Lipinski definition) is 5. The molecule has 1 N–H and O–H groups in total. The highest BCUT2D eigenvalue weighted by atomic mass is 16.5. The average molecular weight is 281 g/mol. The summed E-state index contributed by atoms with van der Waals surface area (Å²) in [5.41, 5.74) is 7.71. The predicted molar refractivity (Wildman–Crippen MR) is 75.2 cm³/mol. The molecular weight excluding hydrogens is 258 g/mol. The maximum absolute atomic E-state index is 12.4. The van der Waals surface area contributed by atoms with E-state index in [0.717, 1.165) is 25.7 Å². The maximum Gasteiger partial charge on any atom is 0.326 e. The van der Waals surface area contributed by atoms with Gasteiger partial charge in [-0.1, -0.05) is 5.11 Å². The monoisotopic (exact) mass is 281 g/mol. The van der Waals surface area contributed by atoms with Gasteiger partial charge in [0.2, 0.25) is 0 Å². The molecule has 0 aromatic rings. The lowest BCUT2D eigenvalue weighted by molar-refractivity contribution is -0.154. The molecule has 2 atom stereocenters. The van der Waals surface area contributed by atoms with E-state index < -0.39 is 5.54 Å². The van der Waals surface area contributed by atoms with E-state index >= 15 is 0 Å². The highest BCUT2D eigenvalue weighted by Crippen LogP contribution is 2.40. The van der Waals surface area contributed by atoms with Gasteiger partial charge in [0.15, 0.2) is 0 Å². The van der Waals surface area contributed by atoms with E-state index in [0.29, 0.717) is 31.8 Å². The van der Waals surface area contributed by atoms with E-state index in [1.807, 2.05) is 6.92 Å². The lowest BCUT2D eigenvalue weighted by atomic mass is 9.83. The van der Waals surface area contributed by atoms with Crippen LogP contribution in [-0.2, 0) is 9.53 Å². The summed E-state index contributed by atoms with van der Waals surface area (Å²) in [5.74, 6) is -0.161. The van der Waals surface area contributed by atoms with Crippen LogP contribution in [0.3, 0.4) is 0 Å². The fourth-order valence-electron chi connectivity index (χ4n) is 3.51. The first-order valence-corrected chi connectivity index (χ1v) is 7.28. The van der Waals surface area contributed by atoms with Crippen molar-refractivity contribution >= 4 is 5.97 Å². The topological polar surface area (TPSA) is 90.3 Å². The van der Waals surface area contributed by atoms with Crippen LogP contribution in [0.1, 0.15) is 32.6 Å². The number of nitrogens with zero attached hydrogens (tertiary/aromatic N) is 4. The largest absolute Gasteiger partial charge is 0.465 e. The summed E-state index contributed by atoms with van der Waals surface area (Å²) in [6, 6.07) is 0.871. The zero-order chi connectivity index (χ0) is 14.6. The number of nitrogens with one attached hydrogen (secondary N) is 1. The first-order chi connectivity index (χ1) is 9.63. The van der Waals surface area contributed by atoms with Crippen LogP contribution in [0.4, 0.5) is 0 Å². The van der Waals surface area contributed by atoms with Gasteiger partial charge in [-0.2, -0.15) is 0 Å². The molecule has 2 fully saturated rings. The molecule has 0 saturated carbocycles. The minimum absolute atomic E-state index is 0.161. The van der Waals surface area contributed by atoms with Crippen molar-refractivity contribution in [2.45, 2.75) is 50.2 Å². The molecule has 2 aliphatic rings. The normalized spacial score (nSPS) is 32.7. The molecule has 2 unspecified atom stereocenters. The Balaban J connectivity index is 2.08. The van der Waals surface area contributed by atoms with Gasteiger partial charge in [-0.3, -0.25) is 4.79 Å². The molecule has 0 radical (unpaired) electrons. The SMILES string of the molecule is CCOC(=O)C1(NCCN=[N+]=[N-])CC2CCC(C1)N2C. The number of carbonyl (C=O) groups is 1. The van der Waals surface area contributed by atoms with Crippen molar-refractivity contribution < 1.29 is 9.53 Å². The molecule has 7 heteroatoms. The van der Waals surface area contributed by atoms with Crippen molar-refractivity contribution in [3.63, 3.8) is 0 Å². The Bertz CT molecular complexity index is 394. The van der Waals surface area contributed by atoms with E-state index in [1.54, 1.807) is 0 Å². The summed E-state index contributed by atoms with van der Waals surface area (Å²) < 4.78 is 5.28. The maximum atomic E-state index is 12.4. The molecule has 0 spiro atoms. The third-order valence-electron chi connectivity index (χ3n) is 4.56. The Kier molecular flexibility index (Phi) is 4.86. The summed E-state index contributed by atoms with van der Waals surface area (Å²) >= 11 is 0. The van der Waals surface area contributed by atoms with Crippen LogP contribution < -0.4 is 5.32 Å². The number of fused-ring (bicyclic) bond motifs is 2. The highest BCUT2D eigenvalue weighted by molar-refractivity contribution is 5.81. The van der Waals surface area contributed by atoms with Crippen LogP contribution in [-0.4, -0.2) is 55.2 Å². The van der Waals surface area contributed by atoms with Gasteiger partial charge in [-0.15, -0.1) is 0 Å². The summed E-state index contributed by atoms with van der Waals surface area (Å²) in [6.45, 7) is 3.08. The first-order valence-electron chi connectivity index (χ1n) is 7.28. The van der Waals surface area contributed by atoms with Crippen LogP contribution in [0.2, 0.25) is 0 Å². The van der Waals surface area contributed by atoms with Crippen LogP contribution in [0.15, 0.2) is 5.11 Å². The molecule has 20 heavy (non-hydrogen) atoms. The van der Waals surface area contributed by atoms with Crippen LogP contribution in [0.25, 0.3) is 10.4 Å². The third-order valence-corrected chi connectivity index (χ3v) is 4.56. The summed E-state index contributed by atoms with van der Waals surface area (Å²) in [4.78, 5) is 17.5. The van der Waals surface area contributed by atoms with Gasteiger partial charge >= 0.3 is 5.97 Å². The smallest absolute Gasteiger partial charge is 0.326 e. The van der Waals surface area contributed by atoms with Crippen LogP contribution >= 0.6 is 0 Å². The standard InChI is InChI=1S/C13H23N5O2/c1-3-20-12(19)13(15-6-7-16-17-14)8-10-4-5-11(9-13)18(10)2/h10-11,15H,3-9H2,1-2H3. The number of hydrogen-bond donors (Lipinski definition) is 1. The van der Waals surface area contributed by atoms with Gasteiger partial charge in [0.1, 0.15) is 5.54 Å². The number of carbonyl (C=O) groups excluding carboxylic acids is 1. The Labute approximate surface area is 119 Å². The van der Waals surface area contributed by atoms with E-state index in [1.165, 1.54) is 0 Å². The van der Waals surface area contributed by atoms with Gasteiger partial charge in [0.05, 0.1) is 6.61 Å². The molecule has 2 bridgehead atoms. The minimum Gasteiger partial charge on any atom is -0.465 e. The lowest BCUT2D eigenvalue weighted by Gasteiger charge is -2.44. The zero-order valence-corrected chi connectivity index (χ0v) is 12.2. The predicted octanol–water partition coefficient (Wildman–Crippen LogP) is 1.44. The van der Waals surface area contributed by atoms with Crippen molar-refractivity contribution in [2.24, 2.45) is 5.11 Å². The van der Waals surface area contributed by atoms with Crippen molar-refractivity contribution in [1.29, 1.82) is 0 Å². The Morgan fingerprint density at radius 3 is 2.70 bits per heavy atom. The molecule has 0 aliphatic carbocycles. The third kappa shape index (κ3) is 2.90. The zero-order valence-electron chi connectivity index (χ0n) is 12.2. The Morgan fingerprint density at radius 1 is 1.50 bits per heavy atom. The quantitative estimate of drug-likeness (QED) is 0.262. The molecule has 0 aromatic carbocycles. The Morgan fingerprint density at radius 2 is 2.15 bits per heavy atom. The summed E-state index contributed by atoms with van der Waals surface area (Å²) in [6.07, 6.45) is 3.82. The molecule has 2 rings (SSSR count). The first kappa shape index (κ1) is 15.1. The summed E-state index contributed by atoms with van der Waals surface area (Å²) in [7, 11) is 2.14. The Hall–Kier alpha value is -1.30. The van der Waals surface area contributed by atoms with Crippen LogP contribution in [0, 0.1) is 0 Å². The van der Waals surface area contributed by atoms with E-state index in [-0.39, 0.29) is 5.97 Å². The van der Waals surface area contributed by atoms with E-state index in [9.17, 15) is 4.79 Å². The second-order valence-electron chi connectivity index (χ2n) is 5.64. The van der Waals surface area contributed by atoms with Crippen molar-refractivity contribution in [3.05, 3.63) is 10.4 Å². The van der Waals surface area contributed by atoms with Crippen molar-refractivity contribution in [3.8, 4) is 0 Å². The molecule has 2 heterocycles. The molecule has 7 nitrogen and oxygen atoms in total. The number of piperidine rings is 1. The molecule has 2 aliphatic heterocycles. The van der Waals surface area contributed by atoms with Crippen molar-refractivity contribution in [2.75, 3.05) is 26.7 Å². The molecule has 0 aromatic heterocycles. The molecule has 2 saturated heterocycles. The number of rotatable bonds is 6. The van der Waals surface area contributed by atoms with E-state index in [4.69, 9.17) is 10.3 Å². The van der Waals surface area contributed by atoms with Gasteiger partial charge in [-0.05, 0) is 45.2 Å². The fourth-order valence-corrected chi connectivity index (χ4v) is 3.51. The van der Waals surface area contributed by atoms with Crippen molar-refractivity contribution in [1.82, 2.24) is 10.2 Å². The number of ether oxygens (including phenoxy) is 1. The second-order valence-corrected chi connectivity index (χ2v) is 5.64. The van der Waals surface area contributed by atoms with E-state index in [2.05, 4.69) is 27.3 Å². The molecule has 112 valence electrons. The van der Waals surface area contributed by atoms with Gasteiger partial charge < -0.3 is 15.0 Å². The van der Waals surface area contributed by atoms with Crippen LogP contribution in [0.5, 0.6) is 0 Å². The van der Waals surface area contributed by atoms with Gasteiger partial charge in [0, 0.05) is 30.1 Å². The fraction of sp³-hybridized carbons (Fsp3) is 0.923. The summed E-state index contributed by atoms with van der Waals surface area (Å²) in [5, 5.41) is 6.83. The molecular formula is C13H23N5O2. The number of esters is 1. The highest BCUT2D eigenvalue weighted by Gasteiger charge is 2.51. The van der Waals surface area contributed by atoms with Gasteiger partial charge in [0.25, 0.3) is 0 Å². The van der Waals surface area contributed by atoms with Gasteiger partial charge in [-0.25, -0.2) is 0 Å². The average Bonchev–Trinajstić information content (AvgIpc) is 2.66. The molecule has 0 amide bonds.